The number of carbonyl (C=O) groups is 1. The molecule has 0 aliphatic carbocycles. The van der Waals surface area contributed by atoms with Crippen molar-refractivity contribution in [2.24, 2.45) is 0 Å². The third-order valence-electron chi connectivity index (χ3n) is 4.71. The highest BCUT2D eigenvalue weighted by atomic mass is 35.5. The highest BCUT2D eigenvalue weighted by Crippen LogP contribution is 2.40. The SMILES string of the molecule is CC[C@@H](Oc1ccccc1Cl)C(=O)N[C@@H]1CC(C)(C)Oc2ccc(C)cc21. The number of nitrogens with one attached hydrogen (secondary N) is 1. The lowest BCUT2D eigenvalue weighted by Crippen LogP contribution is -2.45. The van der Waals surface area contributed by atoms with E-state index in [4.69, 9.17) is 21.1 Å². The van der Waals surface area contributed by atoms with Crippen molar-refractivity contribution in [1.82, 2.24) is 5.32 Å². The van der Waals surface area contributed by atoms with E-state index in [1.54, 1.807) is 12.1 Å². The normalized spacial score (nSPS) is 18.8. The van der Waals surface area contributed by atoms with E-state index in [0.717, 1.165) is 16.9 Å². The molecule has 3 rings (SSSR count). The molecule has 2 atom stereocenters. The van der Waals surface area contributed by atoms with Crippen LogP contribution in [0, 0.1) is 6.92 Å². The van der Waals surface area contributed by atoms with Crippen LogP contribution in [0.15, 0.2) is 42.5 Å². The minimum Gasteiger partial charge on any atom is -0.487 e. The lowest BCUT2D eigenvalue weighted by atomic mass is 9.88. The highest BCUT2D eigenvalue weighted by molar-refractivity contribution is 6.32. The second-order valence-corrected chi connectivity index (χ2v) is 8.02. The van der Waals surface area contributed by atoms with Gasteiger partial charge in [0.25, 0.3) is 5.91 Å². The Kier molecular flexibility index (Phi) is 5.66. The molecule has 1 N–H and O–H groups in total. The molecular weight excluding hydrogens is 362 g/mol. The second-order valence-electron chi connectivity index (χ2n) is 7.61. The largest absolute Gasteiger partial charge is 0.487 e. The maximum Gasteiger partial charge on any atom is 0.261 e. The van der Waals surface area contributed by atoms with Gasteiger partial charge in [0.2, 0.25) is 0 Å². The summed E-state index contributed by atoms with van der Waals surface area (Å²) >= 11 is 6.17. The average Bonchev–Trinajstić information content (AvgIpc) is 2.61. The molecule has 0 aromatic heterocycles. The van der Waals surface area contributed by atoms with Crippen molar-refractivity contribution in [2.45, 2.75) is 58.3 Å². The number of halogens is 1. The summed E-state index contributed by atoms with van der Waals surface area (Å²) in [6, 6.07) is 13.1. The van der Waals surface area contributed by atoms with E-state index in [9.17, 15) is 4.79 Å². The molecule has 2 aromatic carbocycles. The van der Waals surface area contributed by atoms with Gasteiger partial charge in [-0.3, -0.25) is 4.79 Å². The molecule has 0 fully saturated rings. The Morgan fingerprint density at radius 3 is 2.78 bits per heavy atom. The first-order chi connectivity index (χ1) is 12.8. The van der Waals surface area contributed by atoms with Gasteiger partial charge in [-0.05, 0) is 45.4 Å². The van der Waals surface area contributed by atoms with Gasteiger partial charge >= 0.3 is 0 Å². The molecule has 0 saturated heterocycles. The molecular formula is C22H26ClNO3. The number of fused-ring (bicyclic) bond motifs is 1. The Morgan fingerprint density at radius 2 is 2.07 bits per heavy atom. The van der Waals surface area contributed by atoms with Crippen LogP contribution in [0.3, 0.4) is 0 Å². The molecule has 0 radical (unpaired) electrons. The van der Waals surface area contributed by atoms with E-state index in [2.05, 4.69) is 11.4 Å². The minimum atomic E-state index is -0.607. The Balaban J connectivity index is 1.80. The third kappa shape index (κ3) is 4.56. The third-order valence-corrected chi connectivity index (χ3v) is 5.02. The zero-order chi connectivity index (χ0) is 19.6. The molecule has 4 nitrogen and oxygen atoms in total. The summed E-state index contributed by atoms with van der Waals surface area (Å²) in [5, 5.41) is 3.66. The molecule has 1 aliphatic heterocycles. The fourth-order valence-corrected chi connectivity index (χ4v) is 3.56. The number of hydrogen-bond donors (Lipinski definition) is 1. The zero-order valence-electron chi connectivity index (χ0n) is 16.2. The van der Waals surface area contributed by atoms with Crippen LogP contribution in [0.5, 0.6) is 11.5 Å². The molecule has 0 spiro atoms. The van der Waals surface area contributed by atoms with Crippen molar-refractivity contribution >= 4 is 17.5 Å². The summed E-state index contributed by atoms with van der Waals surface area (Å²) in [5.41, 5.74) is 1.79. The summed E-state index contributed by atoms with van der Waals surface area (Å²) in [5.74, 6) is 1.19. The van der Waals surface area contributed by atoms with Crippen LogP contribution in [0.4, 0.5) is 0 Å². The standard InChI is InChI=1S/C22H26ClNO3/c1-5-18(26-20-9-7-6-8-16(20)23)21(25)24-17-13-22(3,4)27-19-11-10-14(2)12-15(17)19/h6-12,17-18H,5,13H2,1-4H3,(H,24,25)/t17-,18-/m1/s1. The number of rotatable bonds is 5. The molecule has 0 unspecified atom stereocenters. The van der Waals surface area contributed by atoms with E-state index < -0.39 is 6.10 Å². The van der Waals surface area contributed by atoms with Gasteiger partial charge in [-0.25, -0.2) is 0 Å². The Bertz CT molecular complexity index is 834. The number of amides is 1. The number of carbonyl (C=O) groups excluding carboxylic acids is 1. The Morgan fingerprint density at radius 1 is 1.33 bits per heavy atom. The lowest BCUT2D eigenvalue weighted by Gasteiger charge is -2.38. The fraction of sp³-hybridized carbons (Fsp3) is 0.409. The molecule has 0 saturated carbocycles. The van der Waals surface area contributed by atoms with Gasteiger partial charge in [0.15, 0.2) is 6.10 Å². The van der Waals surface area contributed by atoms with Crippen molar-refractivity contribution in [2.75, 3.05) is 0 Å². The van der Waals surface area contributed by atoms with Crippen molar-refractivity contribution in [1.29, 1.82) is 0 Å². The summed E-state index contributed by atoms with van der Waals surface area (Å²) < 4.78 is 12.0. The number of benzene rings is 2. The van der Waals surface area contributed by atoms with Crippen LogP contribution in [-0.4, -0.2) is 17.6 Å². The monoisotopic (exact) mass is 387 g/mol. The number of hydrogen-bond acceptors (Lipinski definition) is 3. The highest BCUT2D eigenvalue weighted by Gasteiger charge is 2.35. The number of ether oxygens (including phenoxy) is 2. The van der Waals surface area contributed by atoms with Crippen molar-refractivity contribution in [3.05, 3.63) is 58.6 Å². The number of para-hydroxylation sites is 1. The van der Waals surface area contributed by atoms with E-state index >= 15 is 0 Å². The Labute approximate surface area is 165 Å². The van der Waals surface area contributed by atoms with Gasteiger partial charge in [-0.2, -0.15) is 0 Å². The van der Waals surface area contributed by atoms with Gasteiger partial charge in [0.05, 0.1) is 11.1 Å². The van der Waals surface area contributed by atoms with Crippen molar-refractivity contribution in [3.8, 4) is 11.5 Å². The first-order valence-electron chi connectivity index (χ1n) is 9.30. The van der Waals surface area contributed by atoms with Crippen LogP contribution in [0.1, 0.15) is 50.8 Å². The van der Waals surface area contributed by atoms with Gasteiger partial charge in [-0.1, -0.05) is 48.4 Å². The maximum absolute atomic E-state index is 12.9. The quantitative estimate of drug-likeness (QED) is 0.764. The topological polar surface area (TPSA) is 47.6 Å². The van der Waals surface area contributed by atoms with E-state index in [1.165, 1.54) is 0 Å². The maximum atomic E-state index is 12.9. The predicted molar refractivity (Wildman–Crippen MR) is 108 cm³/mol. The van der Waals surface area contributed by atoms with Crippen molar-refractivity contribution < 1.29 is 14.3 Å². The molecule has 2 aromatic rings. The van der Waals surface area contributed by atoms with Gasteiger partial charge in [0.1, 0.15) is 17.1 Å². The first kappa shape index (κ1) is 19.6. The summed E-state index contributed by atoms with van der Waals surface area (Å²) in [6.45, 7) is 8.03. The van der Waals surface area contributed by atoms with Crippen LogP contribution >= 0.6 is 11.6 Å². The van der Waals surface area contributed by atoms with Gasteiger partial charge in [-0.15, -0.1) is 0 Å². The lowest BCUT2D eigenvalue weighted by molar-refractivity contribution is -0.129. The average molecular weight is 388 g/mol. The van der Waals surface area contributed by atoms with Crippen molar-refractivity contribution in [3.63, 3.8) is 0 Å². The fourth-order valence-electron chi connectivity index (χ4n) is 3.38. The number of aryl methyl sites for hydroxylation is 1. The van der Waals surface area contributed by atoms with Gasteiger partial charge < -0.3 is 14.8 Å². The van der Waals surface area contributed by atoms with Crippen LogP contribution in [0.25, 0.3) is 0 Å². The summed E-state index contributed by atoms with van der Waals surface area (Å²) in [4.78, 5) is 12.9. The molecule has 144 valence electrons. The zero-order valence-corrected chi connectivity index (χ0v) is 17.0. The van der Waals surface area contributed by atoms with Crippen LogP contribution in [0.2, 0.25) is 5.02 Å². The first-order valence-corrected chi connectivity index (χ1v) is 9.68. The summed E-state index contributed by atoms with van der Waals surface area (Å²) in [7, 11) is 0. The van der Waals surface area contributed by atoms with Gasteiger partial charge in [0, 0.05) is 12.0 Å². The summed E-state index contributed by atoms with van der Waals surface area (Å²) in [6.07, 6.45) is 0.631. The second kappa shape index (κ2) is 7.81. The molecule has 5 heteroatoms. The van der Waals surface area contributed by atoms with Crippen LogP contribution < -0.4 is 14.8 Å². The van der Waals surface area contributed by atoms with Crippen LogP contribution in [-0.2, 0) is 4.79 Å². The minimum absolute atomic E-state index is 0.125. The molecule has 1 heterocycles. The van der Waals surface area contributed by atoms with E-state index in [0.29, 0.717) is 23.6 Å². The molecule has 27 heavy (non-hydrogen) atoms. The smallest absolute Gasteiger partial charge is 0.261 e. The predicted octanol–water partition coefficient (Wildman–Crippen LogP) is 5.22. The molecule has 1 amide bonds. The van der Waals surface area contributed by atoms with E-state index in [1.807, 2.05) is 52.0 Å². The van der Waals surface area contributed by atoms with E-state index in [-0.39, 0.29) is 17.6 Å². The molecule has 1 aliphatic rings. The molecule has 0 bridgehead atoms. The Hall–Kier alpha value is -2.20.